The van der Waals surface area contributed by atoms with E-state index in [2.05, 4.69) is 30.9 Å². The molecule has 4 heteroatoms. The maximum atomic E-state index is 12.4. The fraction of sp³-hybridized carbons (Fsp3) is 0.588. The van der Waals surface area contributed by atoms with E-state index in [9.17, 15) is 4.79 Å². The molecule has 2 heterocycles. The molecule has 21 heavy (non-hydrogen) atoms. The molecule has 0 radical (unpaired) electrons. The highest BCUT2D eigenvalue weighted by Crippen LogP contribution is 2.55. The lowest BCUT2D eigenvalue weighted by Crippen LogP contribution is -2.53. The number of aryl methyl sites for hydroxylation is 1. The number of nitrogens with zero attached hydrogens (tertiary/aromatic N) is 3. The SMILES string of the molecule is CC1(C)C(=O)CC[C@]2(C)c3c(cnc4ccnn34)CCC12. The third kappa shape index (κ3) is 1.53. The molecule has 0 aliphatic heterocycles. The van der Waals surface area contributed by atoms with Gasteiger partial charge in [0.25, 0.3) is 0 Å². The topological polar surface area (TPSA) is 47.3 Å². The van der Waals surface area contributed by atoms with Crippen LogP contribution in [-0.4, -0.2) is 20.4 Å². The predicted molar refractivity (Wildman–Crippen MR) is 80.2 cm³/mol. The van der Waals surface area contributed by atoms with Crippen molar-refractivity contribution in [2.75, 3.05) is 0 Å². The van der Waals surface area contributed by atoms with Gasteiger partial charge in [0.2, 0.25) is 0 Å². The van der Waals surface area contributed by atoms with Gasteiger partial charge < -0.3 is 0 Å². The Balaban J connectivity index is 1.99. The van der Waals surface area contributed by atoms with E-state index >= 15 is 0 Å². The number of rotatable bonds is 0. The van der Waals surface area contributed by atoms with E-state index in [1.54, 1.807) is 0 Å². The minimum absolute atomic E-state index is 0.0121. The Kier molecular flexibility index (Phi) is 2.43. The Morgan fingerprint density at radius 2 is 2.10 bits per heavy atom. The molecule has 2 aromatic heterocycles. The summed E-state index contributed by atoms with van der Waals surface area (Å²) in [7, 11) is 0. The fourth-order valence-corrected chi connectivity index (χ4v) is 4.82. The second-order valence-electron chi connectivity index (χ2n) is 7.39. The van der Waals surface area contributed by atoms with Crippen molar-refractivity contribution in [3.63, 3.8) is 0 Å². The number of carbonyl (C=O) groups excluding carboxylic acids is 1. The lowest BCUT2D eigenvalue weighted by atomic mass is 9.51. The normalized spacial score (nSPS) is 31.0. The van der Waals surface area contributed by atoms with Crippen LogP contribution in [0.5, 0.6) is 0 Å². The molecule has 0 bridgehead atoms. The smallest absolute Gasteiger partial charge is 0.155 e. The molecule has 0 aromatic carbocycles. The third-order valence-electron chi connectivity index (χ3n) is 5.97. The molecule has 1 fully saturated rings. The van der Waals surface area contributed by atoms with Crippen LogP contribution in [-0.2, 0) is 16.6 Å². The third-order valence-corrected chi connectivity index (χ3v) is 5.97. The molecule has 1 saturated carbocycles. The van der Waals surface area contributed by atoms with Crippen LogP contribution in [0.4, 0.5) is 0 Å². The molecular weight excluding hydrogens is 262 g/mol. The summed E-state index contributed by atoms with van der Waals surface area (Å²) >= 11 is 0. The number of carbonyl (C=O) groups is 1. The van der Waals surface area contributed by atoms with Crippen molar-refractivity contribution in [2.24, 2.45) is 11.3 Å². The van der Waals surface area contributed by atoms with Gasteiger partial charge in [-0.25, -0.2) is 9.50 Å². The van der Waals surface area contributed by atoms with Crippen LogP contribution in [0.1, 0.15) is 51.3 Å². The molecule has 2 aromatic rings. The van der Waals surface area contributed by atoms with Crippen LogP contribution in [0.3, 0.4) is 0 Å². The first kappa shape index (κ1) is 13.0. The van der Waals surface area contributed by atoms with Crippen molar-refractivity contribution >= 4 is 11.4 Å². The molecule has 2 aliphatic carbocycles. The zero-order chi connectivity index (χ0) is 14.8. The summed E-state index contributed by atoms with van der Waals surface area (Å²) in [6.45, 7) is 6.58. The summed E-state index contributed by atoms with van der Waals surface area (Å²) in [5.74, 6) is 0.799. The summed E-state index contributed by atoms with van der Waals surface area (Å²) in [6, 6.07) is 1.95. The number of aromatic nitrogens is 3. The second-order valence-corrected chi connectivity index (χ2v) is 7.39. The molecule has 0 saturated heterocycles. The highest BCUT2D eigenvalue weighted by molar-refractivity contribution is 5.86. The van der Waals surface area contributed by atoms with Crippen LogP contribution in [0, 0.1) is 11.3 Å². The van der Waals surface area contributed by atoms with Gasteiger partial charge in [0, 0.05) is 29.5 Å². The van der Waals surface area contributed by atoms with E-state index in [0.717, 1.165) is 24.9 Å². The van der Waals surface area contributed by atoms with Crippen molar-refractivity contribution in [3.05, 3.63) is 29.7 Å². The van der Waals surface area contributed by atoms with Gasteiger partial charge in [0.15, 0.2) is 5.65 Å². The van der Waals surface area contributed by atoms with Crippen LogP contribution in [0.25, 0.3) is 5.65 Å². The van der Waals surface area contributed by atoms with Crippen LogP contribution in [0.15, 0.2) is 18.5 Å². The molecule has 4 nitrogen and oxygen atoms in total. The predicted octanol–water partition coefficient (Wildman–Crippen LogP) is 2.94. The fourth-order valence-electron chi connectivity index (χ4n) is 4.82. The first-order valence-corrected chi connectivity index (χ1v) is 7.80. The van der Waals surface area contributed by atoms with Gasteiger partial charge >= 0.3 is 0 Å². The zero-order valence-electron chi connectivity index (χ0n) is 12.9. The molecule has 2 atom stereocenters. The van der Waals surface area contributed by atoms with E-state index in [1.807, 2.05) is 23.0 Å². The van der Waals surface area contributed by atoms with Gasteiger partial charge in [-0.1, -0.05) is 20.8 Å². The number of Topliss-reactive ketones (excluding diaryl/α,β-unsaturated/α-hetero) is 1. The van der Waals surface area contributed by atoms with E-state index in [1.165, 1.54) is 11.3 Å². The standard InChI is InChI=1S/C17H21N3O/c1-16(2)12-5-4-11-10-18-14-7-9-19-20(14)15(11)17(12,3)8-6-13(16)21/h7,9-10,12H,4-6,8H2,1-3H3/t12?,17-/m0/s1. The molecule has 0 N–H and O–H groups in total. The van der Waals surface area contributed by atoms with Gasteiger partial charge in [0.05, 0.1) is 11.9 Å². The molecule has 2 aliphatic rings. The lowest BCUT2D eigenvalue weighted by molar-refractivity contribution is -0.137. The van der Waals surface area contributed by atoms with Crippen molar-refractivity contribution in [2.45, 2.75) is 51.9 Å². The summed E-state index contributed by atoms with van der Waals surface area (Å²) in [6.07, 6.45) is 7.48. The van der Waals surface area contributed by atoms with Gasteiger partial charge in [-0.3, -0.25) is 4.79 Å². The Hall–Kier alpha value is -1.71. The first-order valence-electron chi connectivity index (χ1n) is 7.80. The minimum Gasteiger partial charge on any atom is -0.299 e. The van der Waals surface area contributed by atoms with E-state index < -0.39 is 0 Å². The first-order chi connectivity index (χ1) is 9.94. The minimum atomic E-state index is -0.243. The van der Waals surface area contributed by atoms with Gasteiger partial charge in [-0.05, 0) is 30.7 Å². The Morgan fingerprint density at radius 3 is 2.90 bits per heavy atom. The average molecular weight is 283 g/mol. The zero-order valence-corrected chi connectivity index (χ0v) is 12.9. The molecular formula is C17H21N3O. The molecule has 4 rings (SSSR count). The maximum absolute atomic E-state index is 12.4. The highest BCUT2D eigenvalue weighted by Gasteiger charge is 2.54. The van der Waals surface area contributed by atoms with Crippen molar-refractivity contribution < 1.29 is 4.79 Å². The van der Waals surface area contributed by atoms with E-state index in [4.69, 9.17) is 0 Å². The second kappa shape index (κ2) is 3.93. The number of fused-ring (bicyclic) bond motifs is 5. The Labute approximate surface area is 124 Å². The highest BCUT2D eigenvalue weighted by atomic mass is 16.1. The van der Waals surface area contributed by atoms with Crippen molar-refractivity contribution in [1.82, 2.24) is 14.6 Å². The quantitative estimate of drug-likeness (QED) is 0.747. The summed E-state index contributed by atoms with van der Waals surface area (Å²) in [4.78, 5) is 16.9. The summed E-state index contributed by atoms with van der Waals surface area (Å²) < 4.78 is 2.01. The molecule has 110 valence electrons. The van der Waals surface area contributed by atoms with Gasteiger partial charge in [0.1, 0.15) is 5.78 Å². The van der Waals surface area contributed by atoms with Crippen LogP contribution < -0.4 is 0 Å². The van der Waals surface area contributed by atoms with Crippen LogP contribution in [0.2, 0.25) is 0 Å². The Bertz CT molecular complexity index is 746. The summed E-state index contributed by atoms with van der Waals surface area (Å²) in [5, 5.41) is 4.50. The lowest BCUT2D eigenvalue weighted by Gasteiger charge is -2.52. The van der Waals surface area contributed by atoms with E-state index in [-0.39, 0.29) is 10.8 Å². The van der Waals surface area contributed by atoms with E-state index in [0.29, 0.717) is 18.1 Å². The van der Waals surface area contributed by atoms with Gasteiger partial charge in [-0.15, -0.1) is 0 Å². The number of ketones is 1. The largest absolute Gasteiger partial charge is 0.299 e. The average Bonchev–Trinajstić information content (AvgIpc) is 2.91. The number of hydrogen-bond donors (Lipinski definition) is 0. The van der Waals surface area contributed by atoms with Crippen LogP contribution >= 0.6 is 0 Å². The molecule has 1 unspecified atom stereocenters. The maximum Gasteiger partial charge on any atom is 0.155 e. The summed E-state index contributed by atoms with van der Waals surface area (Å²) in [5.41, 5.74) is 3.26. The Morgan fingerprint density at radius 1 is 1.29 bits per heavy atom. The van der Waals surface area contributed by atoms with Crippen molar-refractivity contribution in [3.8, 4) is 0 Å². The molecule has 0 spiro atoms. The number of hydrogen-bond acceptors (Lipinski definition) is 3. The van der Waals surface area contributed by atoms with Crippen molar-refractivity contribution in [1.29, 1.82) is 0 Å². The van der Waals surface area contributed by atoms with Gasteiger partial charge in [-0.2, -0.15) is 5.10 Å². The molecule has 0 amide bonds. The monoisotopic (exact) mass is 283 g/mol.